The van der Waals surface area contributed by atoms with E-state index in [0.29, 0.717) is 27.8 Å². The van der Waals surface area contributed by atoms with Crippen molar-refractivity contribution in [3.63, 3.8) is 0 Å². The average molecular weight is 403 g/mol. The second kappa shape index (κ2) is 7.51. The molecule has 3 nitrogen and oxygen atoms in total. The molecule has 0 spiro atoms. The van der Waals surface area contributed by atoms with E-state index in [9.17, 15) is 4.79 Å². The first-order chi connectivity index (χ1) is 11.6. The van der Waals surface area contributed by atoms with Crippen LogP contribution in [0, 0.1) is 0 Å². The van der Waals surface area contributed by atoms with Crippen LogP contribution in [0.2, 0.25) is 5.02 Å². The van der Waals surface area contributed by atoms with Crippen LogP contribution in [0.4, 0.5) is 5.69 Å². The van der Waals surface area contributed by atoms with E-state index in [1.807, 2.05) is 12.1 Å². The number of carbonyl (C=O) groups is 1. The number of nitrogens with one attached hydrogen (secondary N) is 1. The Morgan fingerprint density at radius 2 is 1.38 bits per heavy atom. The molecule has 1 amide bonds. The molecule has 0 aliphatic rings. The van der Waals surface area contributed by atoms with Crippen molar-refractivity contribution in [2.75, 3.05) is 5.32 Å². The van der Waals surface area contributed by atoms with E-state index in [2.05, 4.69) is 21.2 Å². The van der Waals surface area contributed by atoms with Crippen LogP contribution in [-0.4, -0.2) is 5.91 Å². The molecule has 0 unspecified atom stereocenters. The lowest BCUT2D eigenvalue weighted by atomic mass is 10.2. The number of rotatable bonds is 4. The molecule has 0 fully saturated rings. The van der Waals surface area contributed by atoms with Crippen LogP contribution in [0.1, 0.15) is 10.4 Å². The van der Waals surface area contributed by atoms with Gasteiger partial charge in [0.15, 0.2) is 0 Å². The van der Waals surface area contributed by atoms with E-state index in [1.54, 1.807) is 60.7 Å². The Morgan fingerprint density at radius 3 is 1.96 bits per heavy atom. The molecule has 0 aliphatic carbocycles. The van der Waals surface area contributed by atoms with Gasteiger partial charge in [-0.2, -0.15) is 0 Å². The lowest BCUT2D eigenvalue weighted by Gasteiger charge is -2.08. The molecule has 0 atom stereocenters. The Hall–Kier alpha value is -2.30. The van der Waals surface area contributed by atoms with Crippen molar-refractivity contribution in [1.82, 2.24) is 0 Å². The standard InChI is InChI=1S/C19H13BrClNO2/c20-14-3-1-13(2-4-14)19(23)22-16-7-11-18(12-8-16)24-17-9-5-15(21)6-10-17/h1-12H,(H,22,23). The van der Waals surface area contributed by atoms with Crippen molar-refractivity contribution in [3.05, 3.63) is 87.9 Å². The van der Waals surface area contributed by atoms with E-state index in [4.69, 9.17) is 16.3 Å². The Labute approximate surface area is 153 Å². The van der Waals surface area contributed by atoms with Crippen molar-refractivity contribution in [2.24, 2.45) is 0 Å². The molecule has 3 aromatic carbocycles. The van der Waals surface area contributed by atoms with Crippen molar-refractivity contribution < 1.29 is 9.53 Å². The number of amides is 1. The van der Waals surface area contributed by atoms with Gasteiger partial charge in [0.1, 0.15) is 11.5 Å². The van der Waals surface area contributed by atoms with Gasteiger partial charge in [0.25, 0.3) is 5.91 Å². The minimum atomic E-state index is -0.158. The highest BCUT2D eigenvalue weighted by Gasteiger charge is 2.06. The maximum absolute atomic E-state index is 12.2. The van der Waals surface area contributed by atoms with Gasteiger partial charge in [-0.25, -0.2) is 0 Å². The van der Waals surface area contributed by atoms with Crippen molar-refractivity contribution in [2.45, 2.75) is 0 Å². The van der Waals surface area contributed by atoms with Crippen LogP contribution < -0.4 is 10.1 Å². The number of carbonyl (C=O) groups excluding carboxylic acids is 1. The van der Waals surface area contributed by atoms with Gasteiger partial charge in [0.05, 0.1) is 0 Å². The van der Waals surface area contributed by atoms with E-state index in [1.165, 1.54) is 0 Å². The van der Waals surface area contributed by atoms with Crippen molar-refractivity contribution in [3.8, 4) is 11.5 Å². The quantitative estimate of drug-likeness (QED) is 0.568. The molecular formula is C19H13BrClNO2. The fourth-order valence-electron chi connectivity index (χ4n) is 2.05. The fourth-order valence-corrected chi connectivity index (χ4v) is 2.44. The summed E-state index contributed by atoms with van der Waals surface area (Å²) in [5, 5.41) is 3.51. The molecule has 24 heavy (non-hydrogen) atoms. The Balaban J connectivity index is 1.64. The molecule has 0 heterocycles. The zero-order chi connectivity index (χ0) is 16.9. The third-order valence-electron chi connectivity index (χ3n) is 3.27. The van der Waals surface area contributed by atoms with Gasteiger partial charge in [0, 0.05) is 20.7 Å². The first-order valence-electron chi connectivity index (χ1n) is 7.20. The van der Waals surface area contributed by atoms with Crippen LogP contribution in [0.15, 0.2) is 77.3 Å². The van der Waals surface area contributed by atoms with Crippen LogP contribution in [0.5, 0.6) is 11.5 Å². The first-order valence-corrected chi connectivity index (χ1v) is 8.38. The molecule has 120 valence electrons. The number of benzene rings is 3. The summed E-state index contributed by atoms with van der Waals surface area (Å²) in [6.45, 7) is 0. The van der Waals surface area contributed by atoms with E-state index in [-0.39, 0.29) is 5.91 Å². The number of ether oxygens (including phenoxy) is 1. The minimum Gasteiger partial charge on any atom is -0.457 e. The van der Waals surface area contributed by atoms with Crippen LogP contribution in [0.3, 0.4) is 0 Å². The smallest absolute Gasteiger partial charge is 0.255 e. The minimum absolute atomic E-state index is 0.158. The van der Waals surface area contributed by atoms with Gasteiger partial charge in [-0.3, -0.25) is 4.79 Å². The summed E-state index contributed by atoms with van der Waals surface area (Å²) in [6.07, 6.45) is 0. The van der Waals surface area contributed by atoms with Crippen LogP contribution >= 0.6 is 27.5 Å². The highest BCUT2D eigenvalue weighted by molar-refractivity contribution is 9.10. The van der Waals surface area contributed by atoms with E-state index >= 15 is 0 Å². The maximum atomic E-state index is 12.2. The summed E-state index contributed by atoms with van der Waals surface area (Å²) in [4.78, 5) is 12.2. The molecular weight excluding hydrogens is 390 g/mol. The zero-order valence-corrected chi connectivity index (χ0v) is 14.8. The molecule has 0 aromatic heterocycles. The van der Waals surface area contributed by atoms with Crippen LogP contribution in [-0.2, 0) is 0 Å². The summed E-state index contributed by atoms with van der Waals surface area (Å²) < 4.78 is 6.65. The predicted octanol–water partition coefficient (Wildman–Crippen LogP) is 6.15. The average Bonchev–Trinajstić information content (AvgIpc) is 2.59. The largest absolute Gasteiger partial charge is 0.457 e. The zero-order valence-electron chi connectivity index (χ0n) is 12.5. The fraction of sp³-hybridized carbons (Fsp3) is 0. The van der Waals surface area contributed by atoms with Gasteiger partial charge in [0.2, 0.25) is 0 Å². The topological polar surface area (TPSA) is 38.3 Å². The van der Waals surface area contributed by atoms with E-state index in [0.717, 1.165) is 4.47 Å². The van der Waals surface area contributed by atoms with E-state index < -0.39 is 0 Å². The highest BCUT2D eigenvalue weighted by atomic mass is 79.9. The maximum Gasteiger partial charge on any atom is 0.255 e. The molecule has 0 saturated heterocycles. The summed E-state index contributed by atoms with van der Waals surface area (Å²) in [6, 6.07) is 21.5. The summed E-state index contributed by atoms with van der Waals surface area (Å²) in [5.41, 5.74) is 1.30. The lowest BCUT2D eigenvalue weighted by molar-refractivity contribution is 0.102. The second-order valence-electron chi connectivity index (χ2n) is 5.04. The molecule has 5 heteroatoms. The number of hydrogen-bond acceptors (Lipinski definition) is 2. The Bertz CT molecular complexity index is 831. The predicted molar refractivity (Wildman–Crippen MR) is 100 cm³/mol. The molecule has 1 N–H and O–H groups in total. The van der Waals surface area contributed by atoms with Crippen molar-refractivity contribution >= 4 is 39.1 Å². The number of hydrogen-bond donors (Lipinski definition) is 1. The molecule has 0 aliphatic heterocycles. The van der Waals surface area contributed by atoms with Crippen LogP contribution in [0.25, 0.3) is 0 Å². The molecule has 3 rings (SSSR count). The molecule has 0 saturated carbocycles. The van der Waals surface area contributed by atoms with Gasteiger partial charge < -0.3 is 10.1 Å². The molecule has 0 bridgehead atoms. The van der Waals surface area contributed by atoms with Gasteiger partial charge in [-0.1, -0.05) is 27.5 Å². The van der Waals surface area contributed by atoms with Gasteiger partial charge >= 0.3 is 0 Å². The normalized spacial score (nSPS) is 10.2. The third-order valence-corrected chi connectivity index (χ3v) is 4.05. The van der Waals surface area contributed by atoms with Gasteiger partial charge in [-0.05, 0) is 72.8 Å². The molecule has 3 aromatic rings. The van der Waals surface area contributed by atoms with Gasteiger partial charge in [-0.15, -0.1) is 0 Å². The SMILES string of the molecule is O=C(Nc1ccc(Oc2ccc(Cl)cc2)cc1)c1ccc(Br)cc1. The summed E-state index contributed by atoms with van der Waals surface area (Å²) >= 11 is 9.19. The second-order valence-corrected chi connectivity index (χ2v) is 6.39. The number of anilines is 1. The Morgan fingerprint density at radius 1 is 0.833 bits per heavy atom. The third kappa shape index (κ3) is 4.37. The lowest BCUT2D eigenvalue weighted by Crippen LogP contribution is -2.11. The number of halogens is 2. The Kier molecular flexibility index (Phi) is 5.18. The molecule has 0 radical (unpaired) electrons. The van der Waals surface area contributed by atoms with Crippen molar-refractivity contribution in [1.29, 1.82) is 0 Å². The summed E-state index contributed by atoms with van der Waals surface area (Å²) in [5.74, 6) is 1.22. The summed E-state index contributed by atoms with van der Waals surface area (Å²) in [7, 11) is 0. The monoisotopic (exact) mass is 401 g/mol. The first kappa shape index (κ1) is 16.6. The highest BCUT2D eigenvalue weighted by Crippen LogP contribution is 2.24.